The van der Waals surface area contributed by atoms with Gasteiger partial charge in [0.1, 0.15) is 0 Å². The van der Waals surface area contributed by atoms with Gasteiger partial charge < -0.3 is 14.5 Å². The van der Waals surface area contributed by atoms with Crippen LogP contribution in [0.1, 0.15) is 0 Å². The number of para-hydroxylation sites is 4. The Morgan fingerprint density at radius 3 is 1.98 bits per heavy atom. The first-order valence-electron chi connectivity index (χ1n) is 15.4. The summed E-state index contributed by atoms with van der Waals surface area (Å²) in [6.07, 6.45) is 0. The molecule has 0 saturated carbocycles. The van der Waals surface area contributed by atoms with Crippen LogP contribution in [0.3, 0.4) is 0 Å². The summed E-state index contributed by atoms with van der Waals surface area (Å²) in [6, 6.07) is 60.0. The van der Waals surface area contributed by atoms with Crippen molar-refractivity contribution in [2.24, 2.45) is 0 Å². The van der Waals surface area contributed by atoms with E-state index in [-0.39, 0.29) is 0 Å². The average Bonchev–Trinajstić information content (AvgIpc) is 3.51. The molecule has 3 nitrogen and oxygen atoms in total. The van der Waals surface area contributed by atoms with Gasteiger partial charge >= 0.3 is 0 Å². The van der Waals surface area contributed by atoms with Gasteiger partial charge in [0.05, 0.1) is 11.4 Å². The zero-order valence-corrected chi connectivity index (χ0v) is 25.7. The number of benzene rings is 7. The predicted octanol–water partition coefficient (Wildman–Crippen LogP) is 12.8. The minimum atomic E-state index is 0.814. The largest absolute Gasteiger partial charge is 0.453 e. The third-order valence-corrected chi connectivity index (χ3v) is 9.86. The number of hydrogen-bond donors (Lipinski definition) is 0. The van der Waals surface area contributed by atoms with Crippen molar-refractivity contribution in [1.29, 1.82) is 0 Å². The fourth-order valence-corrected chi connectivity index (χ4v) is 7.77. The molecular weight excluding hydrogens is 581 g/mol. The minimum Gasteiger partial charge on any atom is -0.453 e. The van der Waals surface area contributed by atoms with E-state index in [1.54, 1.807) is 0 Å². The van der Waals surface area contributed by atoms with E-state index in [2.05, 4.69) is 161 Å². The van der Waals surface area contributed by atoms with E-state index in [0.29, 0.717) is 0 Å². The molecule has 0 atom stereocenters. The monoisotopic (exact) mass is 608 g/mol. The van der Waals surface area contributed by atoms with E-state index in [0.717, 1.165) is 45.6 Å². The van der Waals surface area contributed by atoms with Crippen LogP contribution in [-0.4, -0.2) is 0 Å². The van der Waals surface area contributed by atoms with Crippen LogP contribution in [0.5, 0.6) is 11.5 Å². The van der Waals surface area contributed by atoms with Crippen molar-refractivity contribution in [3.05, 3.63) is 170 Å². The summed E-state index contributed by atoms with van der Waals surface area (Å²) in [5, 5.41) is 2.63. The maximum atomic E-state index is 6.57. The Labute approximate surface area is 271 Å². The van der Waals surface area contributed by atoms with E-state index in [4.69, 9.17) is 4.74 Å². The van der Waals surface area contributed by atoms with Crippen LogP contribution in [0.25, 0.3) is 31.3 Å². The van der Waals surface area contributed by atoms with Crippen LogP contribution >= 0.6 is 11.3 Å². The minimum absolute atomic E-state index is 0.814. The van der Waals surface area contributed by atoms with Crippen molar-refractivity contribution >= 4 is 65.6 Å². The number of fused-ring (bicyclic) bond motifs is 5. The number of ether oxygens (including phenoxy) is 1. The lowest BCUT2D eigenvalue weighted by molar-refractivity contribution is 0.477. The average molecular weight is 609 g/mol. The Morgan fingerprint density at radius 1 is 0.478 bits per heavy atom. The van der Waals surface area contributed by atoms with Gasteiger partial charge in [0, 0.05) is 49.0 Å². The molecule has 1 aliphatic heterocycles. The normalized spacial score (nSPS) is 12.0. The van der Waals surface area contributed by atoms with Crippen LogP contribution in [0.4, 0.5) is 34.1 Å². The maximum Gasteiger partial charge on any atom is 0.153 e. The maximum absolute atomic E-state index is 6.57. The SMILES string of the molecule is c1ccc(N(c2ccc(-c3cccc4c3sc3ccccc34)cc2)c2ccc3c(c2)Oc2ccccc2N3c2ccccc2)cc1. The Bertz CT molecular complexity index is 2350. The highest BCUT2D eigenvalue weighted by atomic mass is 32.1. The summed E-state index contributed by atoms with van der Waals surface area (Å²) in [7, 11) is 0. The number of hydrogen-bond acceptors (Lipinski definition) is 4. The fourth-order valence-electron chi connectivity index (χ4n) is 6.53. The van der Waals surface area contributed by atoms with Crippen LogP contribution in [0, 0.1) is 0 Å². The Hall–Kier alpha value is -5.84. The Kier molecular flexibility index (Phi) is 6.32. The Balaban J connectivity index is 1.14. The van der Waals surface area contributed by atoms with Gasteiger partial charge in [-0.15, -0.1) is 11.3 Å². The van der Waals surface area contributed by atoms with E-state index in [1.165, 1.54) is 31.3 Å². The molecular formula is C42H28N2OS. The second-order valence-corrected chi connectivity index (χ2v) is 12.4. The molecule has 2 heterocycles. The summed E-state index contributed by atoms with van der Waals surface area (Å²) in [4.78, 5) is 4.56. The second-order valence-electron chi connectivity index (χ2n) is 11.4. The van der Waals surface area contributed by atoms with Crippen molar-refractivity contribution in [2.75, 3.05) is 9.80 Å². The van der Waals surface area contributed by atoms with Crippen molar-refractivity contribution in [1.82, 2.24) is 0 Å². The smallest absolute Gasteiger partial charge is 0.153 e. The van der Waals surface area contributed by atoms with Gasteiger partial charge in [-0.3, -0.25) is 0 Å². The summed E-state index contributed by atoms with van der Waals surface area (Å²) in [5.74, 6) is 1.65. The molecule has 0 spiro atoms. The van der Waals surface area contributed by atoms with Gasteiger partial charge in [0.25, 0.3) is 0 Å². The lowest BCUT2D eigenvalue weighted by Crippen LogP contribution is -2.16. The molecule has 0 radical (unpaired) electrons. The molecule has 4 heteroatoms. The van der Waals surface area contributed by atoms with Gasteiger partial charge in [-0.05, 0) is 77.9 Å². The predicted molar refractivity (Wildman–Crippen MR) is 194 cm³/mol. The zero-order valence-electron chi connectivity index (χ0n) is 24.9. The number of thiophene rings is 1. The third-order valence-electron chi connectivity index (χ3n) is 8.64. The number of rotatable bonds is 5. The van der Waals surface area contributed by atoms with Gasteiger partial charge in [-0.1, -0.05) is 97.1 Å². The molecule has 46 heavy (non-hydrogen) atoms. The number of anilines is 6. The van der Waals surface area contributed by atoms with Crippen molar-refractivity contribution < 1.29 is 4.74 Å². The molecule has 7 aromatic carbocycles. The van der Waals surface area contributed by atoms with Crippen molar-refractivity contribution in [3.63, 3.8) is 0 Å². The molecule has 0 bridgehead atoms. The molecule has 1 aliphatic rings. The second kappa shape index (κ2) is 11.0. The highest BCUT2D eigenvalue weighted by Gasteiger charge is 2.27. The molecule has 9 rings (SSSR count). The summed E-state index contributed by atoms with van der Waals surface area (Å²) < 4.78 is 9.21. The third kappa shape index (κ3) is 4.42. The van der Waals surface area contributed by atoms with Crippen LogP contribution in [-0.2, 0) is 0 Å². The van der Waals surface area contributed by atoms with Crippen molar-refractivity contribution in [3.8, 4) is 22.6 Å². The molecule has 0 saturated heterocycles. The molecule has 0 unspecified atom stereocenters. The van der Waals surface area contributed by atoms with E-state index in [1.807, 2.05) is 29.5 Å². The first-order valence-corrected chi connectivity index (χ1v) is 16.3. The highest BCUT2D eigenvalue weighted by molar-refractivity contribution is 7.26. The van der Waals surface area contributed by atoms with E-state index >= 15 is 0 Å². The van der Waals surface area contributed by atoms with E-state index < -0.39 is 0 Å². The first kappa shape index (κ1) is 26.6. The summed E-state index contributed by atoms with van der Waals surface area (Å²) in [5.41, 5.74) is 8.78. The van der Waals surface area contributed by atoms with Gasteiger partial charge in [-0.2, -0.15) is 0 Å². The zero-order chi connectivity index (χ0) is 30.5. The topological polar surface area (TPSA) is 15.7 Å². The van der Waals surface area contributed by atoms with Crippen molar-refractivity contribution in [2.45, 2.75) is 0 Å². The Morgan fingerprint density at radius 2 is 1.13 bits per heavy atom. The van der Waals surface area contributed by atoms with Gasteiger partial charge in [-0.25, -0.2) is 0 Å². The molecule has 1 aromatic heterocycles. The fraction of sp³-hybridized carbons (Fsp3) is 0. The van der Waals surface area contributed by atoms with Crippen LogP contribution < -0.4 is 14.5 Å². The van der Waals surface area contributed by atoms with Crippen LogP contribution in [0.15, 0.2) is 170 Å². The van der Waals surface area contributed by atoms with Gasteiger partial charge in [0.15, 0.2) is 11.5 Å². The quantitative estimate of drug-likeness (QED) is 0.193. The molecule has 0 N–H and O–H groups in total. The molecule has 0 amide bonds. The summed E-state index contributed by atoms with van der Waals surface area (Å²) >= 11 is 1.87. The molecule has 0 fully saturated rings. The lowest BCUT2D eigenvalue weighted by Gasteiger charge is -2.34. The highest BCUT2D eigenvalue weighted by Crippen LogP contribution is 2.52. The lowest BCUT2D eigenvalue weighted by atomic mass is 10.0. The molecule has 8 aromatic rings. The molecule has 218 valence electrons. The van der Waals surface area contributed by atoms with Crippen LogP contribution in [0.2, 0.25) is 0 Å². The van der Waals surface area contributed by atoms with Gasteiger partial charge in [0.2, 0.25) is 0 Å². The first-order chi connectivity index (χ1) is 22.8. The number of nitrogens with zero attached hydrogens (tertiary/aromatic N) is 2. The summed E-state index contributed by atoms with van der Waals surface area (Å²) in [6.45, 7) is 0. The molecule has 0 aliphatic carbocycles. The van der Waals surface area contributed by atoms with E-state index in [9.17, 15) is 0 Å². The standard InChI is InChI=1S/C42H28N2OS/c1-3-12-30(13-4-1)43(32-24-22-29(23-25-32)34-17-11-18-36-35-16-7-10-21-41(35)46-42(34)36)33-26-27-38-40(28-33)45-39-20-9-8-19-37(39)44(38)31-14-5-2-6-15-31/h1-28H.